The summed E-state index contributed by atoms with van der Waals surface area (Å²) in [6.07, 6.45) is 8.90. The first kappa shape index (κ1) is 16.6. The zero-order valence-electron chi connectivity index (χ0n) is 14.3. The van der Waals surface area contributed by atoms with Crippen molar-refractivity contribution in [2.75, 3.05) is 0 Å². The highest BCUT2D eigenvalue weighted by Crippen LogP contribution is 2.31. The van der Waals surface area contributed by atoms with Gasteiger partial charge in [0.25, 0.3) is 0 Å². The van der Waals surface area contributed by atoms with Crippen molar-refractivity contribution in [2.45, 2.75) is 51.9 Å². The molecular formula is C21H25NO2. The molecule has 0 saturated carbocycles. The Morgan fingerprint density at radius 1 is 0.958 bits per heavy atom. The molecule has 126 valence electrons. The average Bonchev–Trinajstić information content (AvgIpc) is 3.01. The lowest BCUT2D eigenvalue weighted by Gasteiger charge is -2.01. The molecule has 3 rings (SSSR count). The van der Waals surface area contributed by atoms with Gasteiger partial charge in [-0.25, -0.2) is 4.98 Å². The van der Waals surface area contributed by atoms with Crippen LogP contribution in [0.3, 0.4) is 0 Å². The molecule has 0 bridgehead atoms. The Morgan fingerprint density at radius 2 is 1.75 bits per heavy atom. The lowest BCUT2D eigenvalue weighted by molar-refractivity contribution is 0.474. The molecule has 0 saturated heterocycles. The van der Waals surface area contributed by atoms with E-state index in [0.717, 1.165) is 17.5 Å². The molecule has 0 aliphatic rings. The Labute approximate surface area is 143 Å². The van der Waals surface area contributed by atoms with E-state index in [-0.39, 0.29) is 5.75 Å². The van der Waals surface area contributed by atoms with Gasteiger partial charge in [-0.15, -0.1) is 0 Å². The number of rotatable bonds is 8. The molecule has 0 unspecified atom stereocenters. The predicted octanol–water partition coefficient (Wildman–Crippen LogP) is 6.10. The van der Waals surface area contributed by atoms with Gasteiger partial charge >= 0.3 is 0 Å². The molecule has 1 N–H and O–H groups in total. The van der Waals surface area contributed by atoms with Crippen LogP contribution in [0.25, 0.3) is 22.6 Å². The number of aryl methyl sites for hydroxylation is 1. The number of aromatic nitrogens is 1. The molecule has 0 aliphatic heterocycles. The van der Waals surface area contributed by atoms with Crippen molar-refractivity contribution in [3.05, 3.63) is 48.0 Å². The van der Waals surface area contributed by atoms with Gasteiger partial charge in [0.1, 0.15) is 11.3 Å². The van der Waals surface area contributed by atoms with Crippen molar-refractivity contribution in [1.29, 1.82) is 0 Å². The summed E-state index contributed by atoms with van der Waals surface area (Å²) >= 11 is 0. The lowest BCUT2D eigenvalue weighted by atomic mass is 10.0. The standard InChI is InChI=1S/C21H25NO2/c1-2-3-4-5-6-7-10-16-13-14-18-20(15-16)24-21(22-18)17-11-8-9-12-19(17)23/h8-9,11-15,23H,2-7,10H2,1H3. The van der Waals surface area contributed by atoms with E-state index in [9.17, 15) is 5.11 Å². The number of fused-ring (bicyclic) bond motifs is 1. The smallest absolute Gasteiger partial charge is 0.231 e. The predicted molar refractivity (Wildman–Crippen MR) is 98.2 cm³/mol. The molecule has 0 aliphatic carbocycles. The summed E-state index contributed by atoms with van der Waals surface area (Å²) in [7, 11) is 0. The Hall–Kier alpha value is -2.29. The van der Waals surface area contributed by atoms with Crippen molar-refractivity contribution in [3.63, 3.8) is 0 Å². The topological polar surface area (TPSA) is 46.3 Å². The van der Waals surface area contributed by atoms with Crippen molar-refractivity contribution in [2.24, 2.45) is 0 Å². The number of aromatic hydroxyl groups is 1. The van der Waals surface area contributed by atoms with Gasteiger partial charge in [0.05, 0.1) is 5.56 Å². The Balaban J connectivity index is 1.67. The molecule has 0 spiro atoms. The molecule has 0 atom stereocenters. The summed E-state index contributed by atoms with van der Waals surface area (Å²) in [6.45, 7) is 2.25. The number of oxazole rings is 1. The zero-order valence-corrected chi connectivity index (χ0v) is 14.3. The van der Waals surface area contributed by atoms with Gasteiger partial charge in [0.2, 0.25) is 5.89 Å². The van der Waals surface area contributed by atoms with E-state index in [1.165, 1.54) is 44.1 Å². The summed E-state index contributed by atoms with van der Waals surface area (Å²) in [5, 5.41) is 9.95. The van der Waals surface area contributed by atoms with Gasteiger partial charge in [-0.05, 0) is 42.7 Å². The molecule has 3 heteroatoms. The van der Waals surface area contributed by atoms with Crippen LogP contribution in [0.15, 0.2) is 46.9 Å². The molecular weight excluding hydrogens is 298 g/mol. The van der Waals surface area contributed by atoms with E-state index in [1.807, 2.05) is 18.2 Å². The summed E-state index contributed by atoms with van der Waals surface area (Å²) in [4.78, 5) is 4.49. The highest BCUT2D eigenvalue weighted by molar-refractivity contribution is 5.78. The SMILES string of the molecule is CCCCCCCCc1ccc2nc(-c3ccccc3O)oc2c1. The largest absolute Gasteiger partial charge is 0.507 e. The number of benzene rings is 2. The quantitative estimate of drug-likeness (QED) is 0.509. The second-order valence-corrected chi connectivity index (χ2v) is 6.36. The molecule has 0 fully saturated rings. The molecule has 3 nitrogen and oxygen atoms in total. The maximum Gasteiger partial charge on any atom is 0.231 e. The maximum atomic E-state index is 9.95. The number of phenols is 1. The molecule has 0 amide bonds. The normalized spacial score (nSPS) is 11.2. The molecule has 24 heavy (non-hydrogen) atoms. The van der Waals surface area contributed by atoms with Gasteiger partial charge in [-0.1, -0.05) is 57.2 Å². The first-order valence-electron chi connectivity index (χ1n) is 8.96. The second kappa shape index (κ2) is 8.00. The van der Waals surface area contributed by atoms with E-state index in [0.29, 0.717) is 11.5 Å². The minimum atomic E-state index is 0.191. The number of hydrogen-bond acceptors (Lipinski definition) is 3. The van der Waals surface area contributed by atoms with Gasteiger partial charge in [-0.2, -0.15) is 0 Å². The van der Waals surface area contributed by atoms with E-state index in [1.54, 1.807) is 12.1 Å². The monoisotopic (exact) mass is 323 g/mol. The molecule has 2 aromatic carbocycles. The summed E-state index contributed by atoms with van der Waals surface area (Å²) in [5.74, 6) is 0.663. The number of nitrogens with zero attached hydrogens (tertiary/aromatic N) is 1. The molecule has 3 aromatic rings. The fourth-order valence-electron chi connectivity index (χ4n) is 3.00. The minimum absolute atomic E-state index is 0.191. The van der Waals surface area contributed by atoms with E-state index in [4.69, 9.17) is 4.42 Å². The summed E-state index contributed by atoms with van der Waals surface area (Å²) < 4.78 is 5.86. The first-order valence-corrected chi connectivity index (χ1v) is 8.96. The average molecular weight is 323 g/mol. The van der Waals surface area contributed by atoms with Crippen LogP contribution in [0.2, 0.25) is 0 Å². The van der Waals surface area contributed by atoms with Gasteiger partial charge in [0.15, 0.2) is 5.58 Å². The fraction of sp³-hybridized carbons (Fsp3) is 0.381. The highest BCUT2D eigenvalue weighted by atomic mass is 16.3. The third kappa shape index (κ3) is 3.97. The van der Waals surface area contributed by atoms with Crippen LogP contribution in [0.1, 0.15) is 51.0 Å². The maximum absolute atomic E-state index is 9.95. The summed E-state index contributed by atoms with van der Waals surface area (Å²) in [6, 6.07) is 13.3. The van der Waals surface area contributed by atoms with Crippen molar-refractivity contribution in [3.8, 4) is 17.2 Å². The van der Waals surface area contributed by atoms with Crippen LogP contribution in [0.4, 0.5) is 0 Å². The van der Waals surface area contributed by atoms with E-state index in [2.05, 4.69) is 24.0 Å². The fourth-order valence-corrected chi connectivity index (χ4v) is 3.00. The third-order valence-corrected chi connectivity index (χ3v) is 4.41. The van der Waals surface area contributed by atoms with E-state index < -0.39 is 0 Å². The third-order valence-electron chi connectivity index (χ3n) is 4.41. The molecule has 1 aromatic heterocycles. The Morgan fingerprint density at radius 3 is 2.58 bits per heavy atom. The van der Waals surface area contributed by atoms with Crippen LogP contribution in [-0.4, -0.2) is 10.1 Å². The number of unbranched alkanes of at least 4 members (excludes halogenated alkanes) is 5. The number of hydrogen-bond donors (Lipinski definition) is 1. The minimum Gasteiger partial charge on any atom is -0.507 e. The van der Waals surface area contributed by atoms with Gasteiger partial charge in [0, 0.05) is 0 Å². The first-order chi connectivity index (χ1) is 11.8. The zero-order chi connectivity index (χ0) is 16.8. The number of phenolic OH excluding ortho intramolecular Hbond substituents is 1. The van der Waals surface area contributed by atoms with Crippen LogP contribution in [0.5, 0.6) is 5.75 Å². The van der Waals surface area contributed by atoms with Crippen molar-refractivity contribution >= 4 is 11.1 Å². The van der Waals surface area contributed by atoms with E-state index >= 15 is 0 Å². The van der Waals surface area contributed by atoms with Crippen molar-refractivity contribution in [1.82, 2.24) is 4.98 Å². The van der Waals surface area contributed by atoms with Crippen LogP contribution in [-0.2, 0) is 6.42 Å². The summed E-state index contributed by atoms with van der Waals surface area (Å²) in [5.41, 5.74) is 3.54. The number of para-hydroxylation sites is 1. The lowest BCUT2D eigenvalue weighted by Crippen LogP contribution is -1.86. The van der Waals surface area contributed by atoms with Crippen molar-refractivity contribution < 1.29 is 9.52 Å². The Bertz CT molecular complexity index is 791. The molecule has 1 heterocycles. The second-order valence-electron chi connectivity index (χ2n) is 6.36. The van der Waals surface area contributed by atoms with Crippen LogP contribution in [0, 0.1) is 0 Å². The van der Waals surface area contributed by atoms with Crippen LogP contribution < -0.4 is 0 Å². The van der Waals surface area contributed by atoms with Crippen LogP contribution >= 0.6 is 0 Å². The highest BCUT2D eigenvalue weighted by Gasteiger charge is 2.11. The van der Waals surface area contributed by atoms with Gasteiger partial charge < -0.3 is 9.52 Å². The molecule has 0 radical (unpaired) electrons. The Kier molecular flexibility index (Phi) is 5.52. The van der Waals surface area contributed by atoms with Gasteiger partial charge in [-0.3, -0.25) is 0 Å².